The average molecular weight is 513 g/mol. The largest absolute Gasteiger partial charge is 0.268 e. The standard InChI is InChI=1S/C33H28N4O2/c1-20-7-5-9-26(15-20)36-22(3)34-30-13-11-24(18-28(30)32(36)38)17-25-12-14-31-29(19-25)33(39)37(23(4)35-31)27-10-6-8-21(2)16-27/h5-16,18-19H,17H2,1-4H3. The first-order chi connectivity index (χ1) is 18.8. The number of rotatable bonds is 4. The molecule has 2 aromatic heterocycles. The van der Waals surface area contributed by atoms with Gasteiger partial charge in [-0.1, -0.05) is 36.4 Å². The lowest BCUT2D eigenvalue weighted by Gasteiger charge is -2.13. The lowest BCUT2D eigenvalue weighted by molar-refractivity contribution is 0.892. The predicted molar refractivity (Wildman–Crippen MR) is 156 cm³/mol. The van der Waals surface area contributed by atoms with Crippen molar-refractivity contribution in [1.29, 1.82) is 0 Å². The van der Waals surface area contributed by atoms with E-state index in [-0.39, 0.29) is 11.1 Å². The van der Waals surface area contributed by atoms with Crippen LogP contribution in [0.4, 0.5) is 0 Å². The minimum Gasteiger partial charge on any atom is -0.268 e. The molecule has 0 fully saturated rings. The van der Waals surface area contributed by atoms with Crippen molar-refractivity contribution in [1.82, 2.24) is 19.1 Å². The van der Waals surface area contributed by atoms with Crippen molar-refractivity contribution in [2.24, 2.45) is 0 Å². The fourth-order valence-electron chi connectivity index (χ4n) is 5.29. The summed E-state index contributed by atoms with van der Waals surface area (Å²) in [4.78, 5) is 36.6. The maximum absolute atomic E-state index is 13.6. The molecule has 0 saturated heterocycles. The van der Waals surface area contributed by atoms with Gasteiger partial charge in [-0.25, -0.2) is 9.97 Å². The summed E-state index contributed by atoms with van der Waals surface area (Å²) in [6.45, 7) is 7.72. The molecule has 0 unspecified atom stereocenters. The minimum absolute atomic E-state index is 0.0934. The van der Waals surface area contributed by atoms with Crippen molar-refractivity contribution in [3.05, 3.63) is 140 Å². The van der Waals surface area contributed by atoms with Crippen molar-refractivity contribution >= 4 is 21.8 Å². The van der Waals surface area contributed by atoms with Gasteiger partial charge in [0.05, 0.1) is 33.2 Å². The molecule has 6 aromatic rings. The van der Waals surface area contributed by atoms with Gasteiger partial charge in [0.25, 0.3) is 11.1 Å². The monoisotopic (exact) mass is 512 g/mol. The lowest BCUT2D eigenvalue weighted by Crippen LogP contribution is -2.22. The van der Waals surface area contributed by atoms with Crippen molar-refractivity contribution in [3.8, 4) is 11.4 Å². The van der Waals surface area contributed by atoms with Crippen molar-refractivity contribution < 1.29 is 0 Å². The second-order valence-electron chi connectivity index (χ2n) is 10.2. The summed E-state index contributed by atoms with van der Waals surface area (Å²) in [5, 5.41) is 1.14. The van der Waals surface area contributed by atoms with Crippen LogP contribution in [-0.4, -0.2) is 19.1 Å². The smallest absolute Gasteiger partial charge is 0.265 e. The molecular formula is C33H28N4O2. The maximum atomic E-state index is 13.6. The highest BCUT2D eigenvalue weighted by molar-refractivity contribution is 5.80. The second-order valence-corrected chi connectivity index (χ2v) is 10.2. The molecule has 0 spiro atoms. The molecule has 0 aliphatic carbocycles. The zero-order chi connectivity index (χ0) is 27.3. The summed E-state index contributed by atoms with van der Waals surface area (Å²) in [7, 11) is 0. The number of benzene rings is 4. The summed E-state index contributed by atoms with van der Waals surface area (Å²) < 4.78 is 3.33. The predicted octanol–water partition coefficient (Wildman–Crippen LogP) is 5.91. The summed E-state index contributed by atoms with van der Waals surface area (Å²) >= 11 is 0. The Balaban J connectivity index is 1.42. The molecule has 39 heavy (non-hydrogen) atoms. The Kier molecular flexibility index (Phi) is 5.95. The van der Waals surface area contributed by atoms with E-state index in [0.29, 0.717) is 39.9 Å². The summed E-state index contributed by atoms with van der Waals surface area (Å²) in [5.74, 6) is 1.29. The minimum atomic E-state index is -0.0934. The Morgan fingerprint density at radius 3 is 1.41 bits per heavy atom. The van der Waals surface area contributed by atoms with Gasteiger partial charge in [0.15, 0.2) is 0 Å². The van der Waals surface area contributed by atoms with Gasteiger partial charge >= 0.3 is 0 Å². The Morgan fingerprint density at radius 2 is 1.00 bits per heavy atom. The fourth-order valence-corrected chi connectivity index (χ4v) is 5.29. The van der Waals surface area contributed by atoms with Gasteiger partial charge < -0.3 is 0 Å². The number of nitrogens with zero attached hydrogens (tertiary/aromatic N) is 4. The van der Waals surface area contributed by atoms with Crippen LogP contribution in [0.3, 0.4) is 0 Å². The molecule has 0 amide bonds. The maximum Gasteiger partial charge on any atom is 0.265 e. The zero-order valence-corrected chi connectivity index (χ0v) is 22.4. The van der Waals surface area contributed by atoms with E-state index < -0.39 is 0 Å². The van der Waals surface area contributed by atoms with Gasteiger partial charge in [-0.15, -0.1) is 0 Å². The molecule has 0 aliphatic heterocycles. The topological polar surface area (TPSA) is 69.8 Å². The molecule has 0 aliphatic rings. The van der Waals surface area contributed by atoms with Crippen molar-refractivity contribution in [2.75, 3.05) is 0 Å². The van der Waals surface area contributed by atoms with E-state index in [1.807, 2.05) is 113 Å². The number of aromatic nitrogens is 4. The van der Waals surface area contributed by atoms with Crippen molar-refractivity contribution in [2.45, 2.75) is 34.1 Å². The lowest BCUT2D eigenvalue weighted by atomic mass is 10.0. The molecule has 0 bridgehead atoms. The normalized spacial score (nSPS) is 11.4. The Morgan fingerprint density at radius 1 is 0.564 bits per heavy atom. The molecule has 0 radical (unpaired) electrons. The molecule has 2 heterocycles. The number of hydrogen-bond acceptors (Lipinski definition) is 4. The quantitative estimate of drug-likeness (QED) is 0.295. The van der Waals surface area contributed by atoms with Crippen LogP contribution in [0.25, 0.3) is 33.2 Å². The molecule has 0 atom stereocenters. The SMILES string of the molecule is Cc1cccc(-n2c(C)nc3ccc(Cc4ccc5nc(C)n(-c6cccc(C)c6)c(=O)c5c4)cc3c2=O)c1. The van der Waals surface area contributed by atoms with Crippen LogP contribution < -0.4 is 11.1 Å². The highest BCUT2D eigenvalue weighted by Gasteiger charge is 2.13. The van der Waals surface area contributed by atoms with Crippen LogP contribution >= 0.6 is 0 Å². The van der Waals surface area contributed by atoms with Gasteiger partial charge in [-0.2, -0.15) is 0 Å². The third-order valence-electron chi connectivity index (χ3n) is 7.13. The van der Waals surface area contributed by atoms with E-state index in [9.17, 15) is 9.59 Å². The Bertz CT molecular complexity index is 1890. The van der Waals surface area contributed by atoms with Crippen LogP contribution in [0.15, 0.2) is 94.5 Å². The molecule has 0 saturated carbocycles. The molecule has 0 N–H and O–H groups in total. The molecular weight excluding hydrogens is 484 g/mol. The van der Waals surface area contributed by atoms with Gasteiger partial charge in [0, 0.05) is 0 Å². The number of aryl methyl sites for hydroxylation is 4. The van der Waals surface area contributed by atoms with E-state index >= 15 is 0 Å². The van der Waals surface area contributed by atoms with Crippen LogP contribution in [0.1, 0.15) is 33.9 Å². The highest BCUT2D eigenvalue weighted by atomic mass is 16.1. The van der Waals surface area contributed by atoms with E-state index in [2.05, 4.69) is 0 Å². The average Bonchev–Trinajstić information content (AvgIpc) is 2.90. The summed E-state index contributed by atoms with van der Waals surface area (Å²) in [5.41, 5.74) is 6.87. The third-order valence-corrected chi connectivity index (χ3v) is 7.13. The van der Waals surface area contributed by atoms with Gasteiger partial charge in [0.2, 0.25) is 0 Å². The first-order valence-electron chi connectivity index (χ1n) is 13.0. The number of fused-ring (bicyclic) bond motifs is 2. The molecule has 4 aromatic carbocycles. The van der Waals surface area contributed by atoms with Crippen LogP contribution in [-0.2, 0) is 6.42 Å². The first-order valence-corrected chi connectivity index (χ1v) is 13.0. The van der Waals surface area contributed by atoms with E-state index in [0.717, 1.165) is 33.6 Å². The van der Waals surface area contributed by atoms with E-state index in [1.54, 1.807) is 9.13 Å². The van der Waals surface area contributed by atoms with Gasteiger partial charge in [-0.05, 0) is 105 Å². The highest BCUT2D eigenvalue weighted by Crippen LogP contribution is 2.20. The van der Waals surface area contributed by atoms with E-state index in [1.165, 1.54) is 0 Å². The van der Waals surface area contributed by atoms with Crippen LogP contribution in [0, 0.1) is 27.7 Å². The molecule has 6 rings (SSSR count). The van der Waals surface area contributed by atoms with Crippen molar-refractivity contribution in [3.63, 3.8) is 0 Å². The molecule has 6 nitrogen and oxygen atoms in total. The van der Waals surface area contributed by atoms with Gasteiger partial charge in [0.1, 0.15) is 11.6 Å². The van der Waals surface area contributed by atoms with E-state index in [4.69, 9.17) is 9.97 Å². The molecule has 6 heteroatoms. The molecule has 192 valence electrons. The number of hydrogen-bond donors (Lipinski definition) is 0. The van der Waals surface area contributed by atoms with Crippen LogP contribution in [0.5, 0.6) is 0 Å². The first kappa shape index (κ1) is 24.5. The summed E-state index contributed by atoms with van der Waals surface area (Å²) in [6.07, 6.45) is 0.571. The third kappa shape index (κ3) is 4.44. The van der Waals surface area contributed by atoms with Gasteiger partial charge in [-0.3, -0.25) is 18.7 Å². The Hall–Kier alpha value is -4.84. The zero-order valence-electron chi connectivity index (χ0n) is 22.4. The fraction of sp³-hybridized carbons (Fsp3) is 0.152. The second kappa shape index (κ2) is 9.48. The Labute approximate surface area is 225 Å². The summed E-state index contributed by atoms with van der Waals surface area (Å²) in [6, 6.07) is 27.3. The van der Waals surface area contributed by atoms with Crippen LogP contribution in [0.2, 0.25) is 0 Å².